The van der Waals surface area contributed by atoms with Gasteiger partial charge in [-0.05, 0) is 60.4 Å². The Balaban J connectivity index is 2.05. The maximum atomic E-state index is 13.2. The molecule has 1 aromatic heterocycles. The number of amides is 1. The van der Waals surface area contributed by atoms with Crippen molar-refractivity contribution >= 4 is 58.4 Å². The molecule has 0 saturated heterocycles. The van der Waals surface area contributed by atoms with Gasteiger partial charge in [-0.3, -0.25) is 9.69 Å². The number of benzene rings is 2. The van der Waals surface area contributed by atoms with E-state index in [1.807, 2.05) is 37.2 Å². The van der Waals surface area contributed by atoms with Gasteiger partial charge in [0.05, 0.1) is 20.7 Å². The number of hydrogen-bond donors (Lipinski definition) is 0. The van der Waals surface area contributed by atoms with Crippen molar-refractivity contribution in [2.45, 2.75) is 4.90 Å². The van der Waals surface area contributed by atoms with Crippen LogP contribution in [0.4, 0.5) is 5.13 Å². The van der Waals surface area contributed by atoms with Crippen LogP contribution in [0.2, 0.25) is 0 Å². The van der Waals surface area contributed by atoms with Crippen LogP contribution >= 0.6 is 27.3 Å². The molecule has 148 valence electrons. The summed E-state index contributed by atoms with van der Waals surface area (Å²) < 4.78 is 25.1. The second kappa shape index (κ2) is 8.28. The van der Waals surface area contributed by atoms with Crippen LogP contribution in [0.3, 0.4) is 0 Å². The molecule has 9 heteroatoms. The largest absolute Gasteiger partial charge is 0.308 e. The minimum Gasteiger partial charge on any atom is -0.308 e. The van der Waals surface area contributed by atoms with Gasteiger partial charge < -0.3 is 4.90 Å². The number of carbonyl (C=O) groups is 1. The Labute approximate surface area is 176 Å². The minimum atomic E-state index is -3.31. The quantitative estimate of drug-likeness (QED) is 0.536. The Bertz CT molecular complexity index is 1130. The molecule has 0 fully saturated rings. The van der Waals surface area contributed by atoms with Gasteiger partial charge in [-0.1, -0.05) is 23.5 Å². The molecule has 28 heavy (non-hydrogen) atoms. The van der Waals surface area contributed by atoms with Gasteiger partial charge in [0.25, 0.3) is 5.91 Å². The van der Waals surface area contributed by atoms with Gasteiger partial charge in [-0.2, -0.15) is 0 Å². The van der Waals surface area contributed by atoms with E-state index in [-0.39, 0.29) is 10.8 Å². The van der Waals surface area contributed by atoms with E-state index in [9.17, 15) is 13.2 Å². The summed E-state index contributed by atoms with van der Waals surface area (Å²) in [7, 11) is 0.578. The number of hydrogen-bond acceptors (Lipinski definition) is 6. The smallest absolute Gasteiger partial charge is 0.261 e. The zero-order valence-electron chi connectivity index (χ0n) is 15.7. The number of aromatic nitrogens is 1. The first kappa shape index (κ1) is 20.9. The van der Waals surface area contributed by atoms with Crippen molar-refractivity contribution in [1.82, 2.24) is 9.88 Å². The molecular weight excluding hydrogens is 462 g/mol. The van der Waals surface area contributed by atoms with Crippen molar-refractivity contribution in [2.24, 2.45) is 0 Å². The first-order chi connectivity index (χ1) is 13.2. The number of thiazole rings is 1. The highest BCUT2D eigenvalue weighted by atomic mass is 79.9. The van der Waals surface area contributed by atoms with Crippen LogP contribution in [0.15, 0.2) is 51.8 Å². The van der Waals surface area contributed by atoms with E-state index < -0.39 is 9.84 Å². The summed E-state index contributed by atoms with van der Waals surface area (Å²) in [5, 5.41) is 0.545. The fraction of sp³-hybridized carbons (Fsp3) is 0.263. The number of likely N-dealkylation sites (N-methyl/N-ethyl adjacent to an activating group) is 1. The van der Waals surface area contributed by atoms with Crippen molar-refractivity contribution in [3.63, 3.8) is 0 Å². The zero-order chi connectivity index (χ0) is 20.5. The number of nitrogens with zero attached hydrogens (tertiary/aromatic N) is 3. The van der Waals surface area contributed by atoms with Crippen LogP contribution in [0.5, 0.6) is 0 Å². The molecule has 0 aliphatic heterocycles. The molecule has 0 spiro atoms. The van der Waals surface area contributed by atoms with Crippen molar-refractivity contribution in [2.75, 3.05) is 38.3 Å². The standard InChI is InChI=1S/C19H20BrN3O3S2/c1-22(2)10-11-23(18(24)14-6-4-5-7-15(14)20)19-21-16-9-8-13(28(3,25)26)12-17(16)27-19/h4-9,12H,10-11H2,1-3H3. The van der Waals surface area contributed by atoms with Gasteiger partial charge in [-0.15, -0.1) is 0 Å². The Hall–Kier alpha value is -1.81. The Morgan fingerprint density at radius 2 is 1.86 bits per heavy atom. The molecule has 2 aromatic carbocycles. The third kappa shape index (κ3) is 4.60. The minimum absolute atomic E-state index is 0.156. The highest BCUT2D eigenvalue weighted by Crippen LogP contribution is 2.32. The van der Waals surface area contributed by atoms with Crippen LogP contribution < -0.4 is 4.90 Å². The molecule has 3 aromatic rings. The third-order valence-electron chi connectivity index (χ3n) is 4.13. The van der Waals surface area contributed by atoms with E-state index in [0.29, 0.717) is 29.3 Å². The summed E-state index contributed by atoms with van der Waals surface area (Å²) in [5.74, 6) is -0.156. The second-order valence-corrected chi connectivity index (χ2v) is 10.5. The maximum Gasteiger partial charge on any atom is 0.261 e. The normalized spacial score (nSPS) is 11.9. The number of carbonyl (C=O) groups excluding carboxylic acids is 1. The lowest BCUT2D eigenvalue weighted by Gasteiger charge is -2.22. The first-order valence-corrected chi connectivity index (χ1v) is 12.0. The van der Waals surface area contributed by atoms with Crippen molar-refractivity contribution in [3.05, 3.63) is 52.5 Å². The van der Waals surface area contributed by atoms with E-state index in [2.05, 4.69) is 20.9 Å². The zero-order valence-corrected chi connectivity index (χ0v) is 18.9. The lowest BCUT2D eigenvalue weighted by Crippen LogP contribution is -2.36. The third-order valence-corrected chi connectivity index (χ3v) is 6.97. The molecule has 0 unspecified atom stereocenters. The van der Waals surface area contributed by atoms with Crippen molar-refractivity contribution < 1.29 is 13.2 Å². The summed E-state index contributed by atoms with van der Waals surface area (Å²) >= 11 is 4.75. The summed E-state index contributed by atoms with van der Waals surface area (Å²) in [6.07, 6.45) is 1.18. The average Bonchev–Trinajstić information content (AvgIpc) is 3.04. The molecule has 6 nitrogen and oxygen atoms in total. The monoisotopic (exact) mass is 481 g/mol. The number of fused-ring (bicyclic) bond motifs is 1. The van der Waals surface area contributed by atoms with E-state index >= 15 is 0 Å². The summed E-state index contributed by atoms with van der Waals surface area (Å²) in [4.78, 5) is 21.7. The first-order valence-electron chi connectivity index (χ1n) is 8.48. The molecule has 0 bridgehead atoms. The van der Waals surface area contributed by atoms with Gasteiger partial charge in [0, 0.05) is 23.8 Å². The predicted octanol–water partition coefficient (Wildman–Crippen LogP) is 3.67. The van der Waals surface area contributed by atoms with Gasteiger partial charge in [0.2, 0.25) is 0 Å². The summed E-state index contributed by atoms with van der Waals surface area (Å²) in [6, 6.07) is 12.1. The van der Waals surface area contributed by atoms with Crippen LogP contribution in [-0.4, -0.2) is 57.6 Å². The molecule has 0 atom stereocenters. The SMILES string of the molecule is CN(C)CCN(C(=O)c1ccccc1Br)c1nc2ccc(S(C)(=O)=O)cc2s1. The van der Waals surface area contributed by atoms with Gasteiger partial charge in [0.15, 0.2) is 15.0 Å². The Kier molecular flexibility index (Phi) is 6.18. The van der Waals surface area contributed by atoms with Gasteiger partial charge >= 0.3 is 0 Å². The molecule has 1 heterocycles. The highest BCUT2D eigenvalue weighted by Gasteiger charge is 2.23. The Morgan fingerprint density at radius 1 is 1.14 bits per heavy atom. The Morgan fingerprint density at radius 3 is 2.50 bits per heavy atom. The van der Waals surface area contributed by atoms with E-state index in [1.165, 1.54) is 17.6 Å². The van der Waals surface area contributed by atoms with Crippen molar-refractivity contribution in [1.29, 1.82) is 0 Å². The van der Waals surface area contributed by atoms with E-state index in [0.717, 1.165) is 9.17 Å². The topological polar surface area (TPSA) is 70.6 Å². The molecule has 0 aliphatic carbocycles. The molecular formula is C19H20BrN3O3S2. The van der Waals surface area contributed by atoms with Crippen LogP contribution in [0.1, 0.15) is 10.4 Å². The fourth-order valence-electron chi connectivity index (χ4n) is 2.60. The van der Waals surface area contributed by atoms with Crippen LogP contribution in [-0.2, 0) is 9.84 Å². The fourth-order valence-corrected chi connectivity index (χ4v) is 4.81. The molecule has 0 saturated carbocycles. The number of rotatable bonds is 6. The molecule has 3 rings (SSSR count). The highest BCUT2D eigenvalue weighted by molar-refractivity contribution is 9.10. The van der Waals surface area contributed by atoms with E-state index in [4.69, 9.17) is 0 Å². The molecule has 0 N–H and O–H groups in total. The maximum absolute atomic E-state index is 13.2. The van der Waals surface area contributed by atoms with Crippen molar-refractivity contribution in [3.8, 4) is 0 Å². The van der Waals surface area contributed by atoms with Crippen LogP contribution in [0, 0.1) is 0 Å². The lowest BCUT2D eigenvalue weighted by molar-refractivity contribution is 0.0984. The number of sulfone groups is 1. The molecule has 0 radical (unpaired) electrons. The van der Waals surface area contributed by atoms with Gasteiger partial charge in [0.1, 0.15) is 0 Å². The average molecular weight is 482 g/mol. The summed E-state index contributed by atoms with van der Waals surface area (Å²) in [6.45, 7) is 1.13. The number of anilines is 1. The van der Waals surface area contributed by atoms with E-state index in [1.54, 1.807) is 29.2 Å². The van der Waals surface area contributed by atoms with Gasteiger partial charge in [-0.25, -0.2) is 13.4 Å². The number of halogens is 1. The molecule has 1 amide bonds. The van der Waals surface area contributed by atoms with Crippen LogP contribution in [0.25, 0.3) is 10.2 Å². The summed E-state index contributed by atoms with van der Waals surface area (Å²) in [5.41, 5.74) is 1.22. The predicted molar refractivity (Wildman–Crippen MR) is 117 cm³/mol. The second-order valence-electron chi connectivity index (χ2n) is 6.64. The molecule has 0 aliphatic rings. The lowest BCUT2D eigenvalue weighted by atomic mass is 10.2.